The van der Waals surface area contributed by atoms with Crippen LogP contribution in [0.2, 0.25) is 0 Å². The molecule has 0 aliphatic rings. The molecule has 0 fully saturated rings. The summed E-state index contributed by atoms with van der Waals surface area (Å²) in [6, 6.07) is 31.7. The van der Waals surface area contributed by atoms with Crippen LogP contribution in [0, 0.1) is 0 Å². The van der Waals surface area contributed by atoms with Gasteiger partial charge >= 0.3 is 0 Å². The summed E-state index contributed by atoms with van der Waals surface area (Å²) in [6.45, 7) is 0. The number of phenols is 2. The van der Waals surface area contributed by atoms with Crippen LogP contribution in [0.4, 0.5) is 0 Å². The Morgan fingerprint density at radius 2 is 0.931 bits per heavy atom. The Morgan fingerprint density at radius 3 is 1.34 bits per heavy atom. The van der Waals surface area contributed by atoms with E-state index in [0.29, 0.717) is 24.3 Å². The van der Waals surface area contributed by atoms with Gasteiger partial charge in [-0.2, -0.15) is 0 Å². The highest BCUT2D eigenvalue weighted by atomic mass is 32.2. The molecule has 0 heterocycles. The van der Waals surface area contributed by atoms with E-state index in [1.807, 2.05) is 60.7 Å². The van der Waals surface area contributed by atoms with Gasteiger partial charge in [0.15, 0.2) is 0 Å². The number of phenolic OH excluding ortho intramolecular Hbond substituents is 2. The smallest absolute Gasteiger partial charge is 0.119 e. The normalized spacial score (nSPS) is 10.8. The molecule has 29 heavy (non-hydrogen) atoms. The minimum absolute atomic E-state index is 0.314. The first-order valence-electron chi connectivity index (χ1n) is 9.57. The second-order valence-electron chi connectivity index (χ2n) is 7.01. The van der Waals surface area contributed by atoms with Gasteiger partial charge in [0.1, 0.15) is 11.5 Å². The fraction of sp³-hybridized carbons (Fsp3) is 0.0769. The van der Waals surface area contributed by atoms with Crippen LogP contribution < -0.4 is 0 Å². The Balaban J connectivity index is 1.54. The number of hydrogen-bond acceptors (Lipinski definition) is 3. The van der Waals surface area contributed by atoms with Gasteiger partial charge in [-0.25, -0.2) is 0 Å². The van der Waals surface area contributed by atoms with Crippen molar-refractivity contribution in [3.05, 3.63) is 119 Å². The average Bonchev–Trinajstić information content (AvgIpc) is 2.74. The molecule has 3 heteroatoms. The van der Waals surface area contributed by atoms with E-state index in [1.54, 1.807) is 23.9 Å². The molecule has 4 rings (SSSR count). The van der Waals surface area contributed by atoms with Crippen LogP contribution >= 0.6 is 11.8 Å². The lowest BCUT2D eigenvalue weighted by Gasteiger charge is -2.10. The van der Waals surface area contributed by atoms with Crippen LogP contribution in [0.15, 0.2) is 107 Å². The van der Waals surface area contributed by atoms with Gasteiger partial charge in [0.05, 0.1) is 0 Å². The van der Waals surface area contributed by atoms with Gasteiger partial charge in [0.25, 0.3) is 0 Å². The number of hydrogen-bond donors (Lipinski definition) is 2. The maximum Gasteiger partial charge on any atom is 0.119 e. The van der Waals surface area contributed by atoms with E-state index < -0.39 is 0 Å². The van der Waals surface area contributed by atoms with Gasteiger partial charge in [0.2, 0.25) is 0 Å². The third kappa shape index (κ3) is 5.01. The van der Waals surface area contributed by atoms with Crippen LogP contribution in [0.1, 0.15) is 22.3 Å². The molecule has 0 saturated carbocycles. The van der Waals surface area contributed by atoms with Crippen molar-refractivity contribution in [3.8, 4) is 11.5 Å². The lowest BCUT2D eigenvalue weighted by molar-refractivity contribution is 0.468. The number of benzene rings is 4. The Bertz CT molecular complexity index is 1000. The van der Waals surface area contributed by atoms with Gasteiger partial charge < -0.3 is 10.2 Å². The summed E-state index contributed by atoms with van der Waals surface area (Å²) in [4.78, 5) is 2.12. The molecule has 0 unspecified atom stereocenters. The van der Waals surface area contributed by atoms with E-state index in [1.165, 1.54) is 11.1 Å². The second-order valence-corrected chi connectivity index (χ2v) is 8.15. The zero-order valence-electron chi connectivity index (χ0n) is 16.0. The largest absolute Gasteiger partial charge is 0.508 e. The molecule has 144 valence electrons. The Morgan fingerprint density at radius 1 is 0.517 bits per heavy atom. The molecule has 0 amide bonds. The molecule has 0 spiro atoms. The molecule has 4 aromatic carbocycles. The summed E-state index contributed by atoms with van der Waals surface area (Å²) in [7, 11) is 0. The predicted molar refractivity (Wildman–Crippen MR) is 119 cm³/mol. The topological polar surface area (TPSA) is 40.5 Å². The summed E-state index contributed by atoms with van der Waals surface area (Å²) in [5.41, 5.74) is 4.15. The molecule has 2 nitrogen and oxygen atoms in total. The van der Waals surface area contributed by atoms with E-state index >= 15 is 0 Å². The lowest BCUT2D eigenvalue weighted by atomic mass is 10.0. The second kappa shape index (κ2) is 8.89. The zero-order chi connectivity index (χ0) is 20.1. The highest BCUT2D eigenvalue weighted by Gasteiger charge is 2.08. The first-order valence-corrected chi connectivity index (χ1v) is 10.4. The van der Waals surface area contributed by atoms with Crippen LogP contribution in [0.25, 0.3) is 0 Å². The van der Waals surface area contributed by atoms with Gasteiger partial charge in [-0.05, 0) is 58.7 Å². The van der Waals surface area contributed by atoms with Crippen molar-refractivity contribution in [2.24, 2.45) is 0 Å². The van der Waals surface area contributed by atoms with Crippen molar-refractivity contribution < 1.29 is 10.2 Å². The fourth-order valence-corrected chi connectivity index (χ4v) is 4.25. The zero-order valence-corrected chi connectivity index (χ0v) is 16.8. The molecule has 0 saturated heterocycles. The van der Waals surface area contributed by atoms with E-state index in [9.17, 15) is 10.2 Å². The van der Waals surface area contributed by atoms with Gasteiger partial charge in [-0.3, -0.25) is 0 Å². The molecule has 0 aliphatic carbocycles. The van der Waals surface area contributed by atoms with Crippen molar-refractivity contribution in [3.63, 3.8) is 0 Å². The molecular weight excluding hydrogens is 376 g/mol. The Hall–Kier alpha value is -3.17. The highest BCUT2D eigenvalue weighted by molar-refractivity contribution is 7.99. The predicted octanol–water partition coefficient (Wildman–Crippen LogP) is 6.43. The molecule has 2 N–H and O–H groups in total. The molecule has 0 aromatic heterocycles. The Labute approximate surface area is 175 Å². The molecule has 0 bridgehead atoms. The summed E-state index contributed by atoms with van der Waals surface area (Å²) < 4.78 is 0. The standard InChI is InChI=1S/C26H22O2S/c27-25-13-11-23(17-21(25)15-19-7-3-1-4-8-19)29-24-12-14-26(28)22(18-24)16-20-9-5-2-6-10-20/h1-14,17-18,27-28H,15-16H2. The summed E-state index contributed by atoms with van der Waals surface area (Å²) in [5, 5.41) is 20.5. The van der Waals surface area contributed by atoms with Crippen molar-refractivity contribution in [2.75, 3.05) is 0 Å². The maximum atomic E-state index is 10.3. The van der Waals surface area contributed by atoms with Crippen molar-refractivity contribution in [2.45, 2.75) is 22.6 Å². The highest BCUT2D eigenvalue weighted by Crippen LogP contribution is 2.34. The lowest BCUT2D eigenvalue weighted by Crippen LogP contribution is -1.90. The number of rotatable bonds is 6. The molecule has 0 atom stereocenters. The monoisotopic (exact) mass is 398 g/mol. The van der Waals surface area contributed by atoms with E-state index in [4.69, 9.17) is 0 Å². The molecule has 4 aromatic rings. The minimum atomic E-state index is 0.314. The quantitative estimate of drug-likeness (QED) is 0.393. The fourth-order valence-electron chi connectivity index (χ4n) is 3.30. The van der Waals surface area contributed by atoms with Crippen molar-refractivity contribution in [1.29, 1.82) is 0 Å². The summed E-state index contributed by atoms with van der Waals surface area (Å²) in [5.74, 6) is 0.627. The van der Waals surface area contributed by atoms with Crippen LogP contribution in [-0.4, -0.2) is 10.2 Å². The van der Waals surface area contributed by atoms with Crippen LogP contribution in [0.5, 0.6) is 11.5 Å². The maximum absolute atomic E-state index is 10.3. The first kappa shape index (κ1) is 19.2. The van der Waals surface area contributed by atoms with Crippen molar-refractivity contribution in [1.82, 2.24) is 0 Å². The SMILES string of the molecule is Oc1ccc(Sc2ccc(O)c(Cc3ccccc3)c2)cc1Cc1ccccc1. The van der Waals surface area contributed by atoms with Gasteiger partial charge in [0, 0.05) is 22.6 Å². The minimum Gasteiger partial charge on any atom is -0.508 e. The van der Waals surface area contributed by atoms with Gasteiger partial charge in [-0.15, -0.1) is 0 Å². The van der Waals surface area contributed by atoms with E-state index in [0.717, 1.165) is 20.9 Å². The molecular formula is C26H22O2S. The summed E-state index contributed by atoms with van der Waals surface area (Å²) in [6.07, 6.45) is 1.38. The van der Waals surface area contributed by atoms with Crippen LogP contribution in [-0.2, 0) is 12.8 Å². The molecule has 0 aliphatic heterocycles. The van der Waals surface area contributed by atoms with Crippen molar-refractivity contribution >= 4 is 11.8 Å². The third-order valence-electron chi connectivity index (χ3n) is 4.81. The Kier molecular flexibility index (Phi) is 5.87. The van der Waals surface area contributed by atoms with Gasteiger partial charge in [-0.1, -0.05) is 72.4 Å². The summed E-state index contributed by atoms with van der Waals surface area (Å²) >= 11 is 1.63. The number of aromatic hydroxyl groups is 2. The van der Waals surface area contributed by atoms with E-state index in [2.05, 4.69) is 24.3 Å². The van der Waals surface area contributed by atoms with E-state index in [-0.39, 0.29) is 0 Å². The molecule has 0 radical (unpaired) electrons. The first-order chi connectivity index (χ1) is 14.2. The average molecular weight is 399 g/mol. The van der Waals surface area contributed by atoms with Crippen LogP contribution in [0.3, 0.4) is 0 Å². The third-order valence-corrected chi connectivity index (χ3v) is 5.79.